The molecule has 2 saturated carbocycles. The molecule has 0 heterocycles. The molecule has 0 amide bonds. The van der Waals surface area contributed by atoms with Crippen LogP contribution in [0.4, 0.5) is 0 Å². The third-order valence-electron chi connectivity index (χ3n) is 6.83. The maximum Gasteiger partial charge on any atom is 0.302 e. The number of carbonyl (C=O) groups is 3. The molecular formula is C19H26O5. The van der Waals surface area contributed by atoms with E-state index in [1.807, 2.05) is 0 Å². The molecule has 132 valence electrons. The van der Waals surface area contributed by atoms with Crippen LogP contribution >= 0.6 is 0 Å². The zero-order valence-electron chi connectivity index (χ0n) is 14.9. The van der Waals surface area contributed by atoms with Gasteiger partial charge in [-0.05, 0) is 31.1 Å². The van der Waals surface area contributed by atoms with Crippen LogP contribution < -0.4 is 0 Å². The predicted molar refractivity (Wildman–Crippen MR) is 87.0 cm³/mol. The first-order valence-corrected chi connectivity index (χ1v) is 8.75. The topological polar surface area (TPSA) is 69.7 Å². The quantitative estimate of drug-likeness (QED) is 0.739. The fourth-order valence-corrected chi connectivity index (χ4v) is 5.58. The number of carbonyl (C=O) groups excluding carboxylic acids is 3. The first-order valence-electron chi connectivity index (χ1n) is 8.75. The van der Waals surface area contributed by atoms with Gasteiger partial charge in [0.05, 0.1) is 6.61 Å². The highest BCUT2D eigenvalue weighted by Crippen LogP contribution is 2.72. The second kappa shape index (κ2) is 5.71. The minimum atomic E-state index is -0.367. The molecule has 0 radical (unpaired) electrons. The van der Waals surface area contributed by atoms with Crippen LogP contribution in [0.1, 0.15) is 53.4 Å². The number of esters is 2. The Labute approximate surface area is 142 Å². The van der Waals surface area contributed by atoms with Crippen LogP contribution in [0.25, 0.3) is 0 Å². The zero-order valence-corrected chi connectivity index (χ0v) is 14.9. The van der Waals surface area contributed by atoms with Crippen LogP contribution in [0.5, 0.6) is 0 Å². The molecule has 0 aromatic heterocycles. The first-order chi connectivity index (χ1) is 11.2. The minimum absolute atomic E-state index is 0.0777. The molecule has 5 heteroatoms. The number of Topliss-reactive ketones (excluding diaryl/α,β-unsaturated/α-hetero) is 1. The van der Waals surface area contributed by atoms with Crippen molar-refractivity contribution in [2.75, 3.05) is 13.2 Å². The lowest BCUT2D eigenvalue weighted by Crippen LogP contribution is -2.50. The third kappa shape index (κ3) is 2.24. The molecule has 3 aliphatic carbocycles. The van der Waals surface area contributed by atoms with Crippen molar-refractivity contribution in [1.82, 2.24) is 0 Å². The highest BCUT2D eigenvalue weighted by atomic mass is 16.5. The van der Waals surface area contributed by atoms with Crippen LogP contribution in [0, 0.1) is 22.7 Å². The van der Waals surface area contributed by atoms with Crippen molar-refractivity contribution in [2.45, 2.75) is 53.4 Å². The molecule has 3 rings (SSSR count). The lowest BCUT2D eigenvalue weighted by Gasteiger charge is -2.52. The van der Waals surface area contributed by atoms with Gasteiger partial charge in [-0.1, -0.05) is 19.4 Å². The van der Waals surface area contributed by atoms with Crippen molar-refractivity contribution in [1.29, 1.82) is 0 Å². The first kappa shape index (κ1) is 17.2. The van der Waals surface area contributed by atoms with Gasteiger partial charge in [-0.25, -0.2) is 0 Å². The Morgan fingerprint density at radius 1 is 1.17 bits per heavy atom. The monoisotopic (exact) mass is 334 g/mol. The van der Waals surface area contributed by atoms with Gasteiger partial charge in [0.15, 0.2) is 5.78 Å². The van der Waals surface area contributed by atoms with E-state index in [1.54, 1.807) is 0 Å². The van der Waals surface area contributed by atoms with Crippen molar-refractivity contribution < 1.29 is 23.9 Å². The van der Waals surface area contributed by atoms with Gasteiger partial charge in [-0.3, -0.25) is 14.4 Å². The Balaban J connectivity index is 2.03. The average Bonchev–Trinajstić information content (AvgIpc) is 2.84. The second-order valence-electron chi connectivity index (χ2n) is 7.89. The Kier molecular flexibility index (Phi) is 4.09. The van der Waals surface area contributed by atoms with E-state index in [2.05, 4.69) is 13.8 Å². The third-order valence-corrected chi connectivity index (χ3v) is 6.83. The summed E-state index contributed by atoms with van der Waals surface area (Å²) in [5, 5.41) is 0. The average molecular weight is 334 g/mol. The normalized spacial score (nSPS) is 37.4. The summed E-state index contributed by atoms with van der Waals surface area (Å²) in [6.07, 6.45) is 3.47. The Morgan fingerprint density at radius 2 is 1.83 bits per heavy atom. The van der Waals surface area contributed by atoms with Gasteiger partial charge in [0.1, 0.15) is 6.61 Å². The standard InChI is InChI=1S/C19H26O5/c1-11-5-6-14-7-16-15(9-23-12(2)20)17(22)8-19(11,16)18(14,4)10-24-13(3)21/h11,14H,5-10H2,1-4H3. The second-order valence-corrected chi connectivity index (χ2v) is 7.89. The van der Waals surface area contributed by atoms with E-state index >= 15 is 0 Å². The molecule has 0 aromatic rings. The van der Waals surface area contributed by atoms with E-state index < -0.39 is 0 Å². The molecule has 0 saturated heterocycles. The maximum absolute atomic E-state index is 12.7. The number of ether oxygens (including phenoxy) is 2. The van der Waals surface area contributed by atoms with E-state index in [9.17, 15) is 14.4 Å². The number of rotatable bonds is 4. The predicted octanol–water partition coefficient (Wildman–Crippen LogP) is 2.82. The van der Waals surface area contributed by atoms with Crippen LogP contribution in [0.2, 0.25) is 0 Å². The summed E-state index contributed by atoms with van der Waals surface area (Å²) in [5.74, 6) is 0.204. The lowest BCUT2D eigenvalue weighted by molar-refractivity contribution is -0.152. The molecule has 3 aliphatic rings. The molecule has 0 N–H and O–H groups in total. The molecule has 4 atom stereocenters. The van der Waals surface area contributed by atoms with E-state index in [0.717, 1.165) is 19.3 Å². The van der Waals surface area contributed by atoms with Crippen LogP contribution in [-0.4, -0.2) is 30.9 Å². The largest absolute Gasteiger partial charge is 0.465 e. The van der Waals surface area contributed by atoms with E-state index in [1.165, 1.54) is 19.4 Å². The van der Waals surface area contributed by atoms with Crippen molar-refractivity contribution in [3.63, 3.8) is 0 Å². The molecule has 5 nitrogen and oxygen atoms in total. The Bertz CT molecular complexity index is 634. The van der Waals surface area contributed by atoms with Crippen molar-refractivity contribution in [3.05, 3.63) is 11.1 Å². The van der Waals surface area contributed by atoms with Crippen LogP contribution in [0.15, 0.2) is 11.1 Å². The molecule has 4 unspecified atom stereocenters. The maximum atomic E-state index is 12.7. The molecule has 1 spiro atoms. The molecule has 2 bridgehead atoms. The minimum Gasteiger partial charge on any atom is -0.465 e. The summed E-state index contributed by atoms with van der Waals surface area (Å²) in [6, 6.07) is 0. The molecular weight excluding hydrogens is 308 g/mol. The van der Waals surface area contributed by atoms with Gasteiger partial charge in [0.2, 0.25) is 0 Å². The van der Waals surface area contributed by atoms with Gasteiger partial charge >= 0.3 is 11.9 Å². The number of fused-ring (bicyclic) bond motifs is 1. The molecule has 0 aliphatic heterocycles. The number of hydrogen-bond donors (Lipinski definition) is 0. The Morgan fingerprint density at radius 3 is 2.46 bits per heavy atom. The van der Waals surface area contributed by atoms with E-state index in [0.29, 0.717) is 30.4 Å². The summed E-state index contributed by atoms with van der Waals surface area (Å²) in [6.45, 7) is 7.60. The van der Waals surface area contributed by atoms with Gasteiger partial charge < -0.3 is 9.47 Å². The van der Waals surface area contributed by atoms with Crippen molar-refractivity contribution in [3.8, 4) is 0 Å². The summed E-state index contributed by atoms with van der Waals surface area (Å²) < 4.78 is 10.6. The number of allylic oxidation sites excluding steroid dienone is 1. The number of ketones is 1. The fourth-order valence-electron chi connectivity index (χ4n) is 5.58. The van der Waals surface area contributed by atoms with Gasteiger partial charge in [0.25, 0.3) is 0 Å². The lowest BCUT2D eigenvalue weighted by atomic mass is 9.52. The van der Waals surface area contributed by atoms with E-state index in [4.69, 9.17) is 9.47 Å². The van der Waals surface area contributed by atoms with Crippen LogP contribution in [-0.2, 0) is 23.9 Å². The van der Waals surface area contributed by atoms with Gasteiger partial charge in [-0.15, -0.1) is 0 Å². The van der Waals surface area contributed by atoms with Crippen LogP contribution in [0.3, 0.4) is 0 Å². The van der Waals surface area contributed by atoms with Crippen molar-refractivity contribution >= 4 is 17.7 Å². The van der Waals surface area contributed by atoms with Gasteiger partial charge in [-0.2, -0.15) is 0 Å². The highest BCUT2D eigenvalue weighted by molar-refractivity contribution is 6.01. The molecule has 0 aromatic carbocycles. The smallest absolute Gasteiger partial charge is 0.302 e. The van der Waals surface area contributed by atoms with E-state index in [-0.39, 0.29) is 35.2 Å². The zero-order chi connectivity index (χ0) is 17.7. The summed E-state index contributed by atoms with van der Waals surface area (Å²) in [4.78, 5) is 35.3. The Hall–Kier alpha value is -1.65. The SMILES string of the molecule is CC(=O)OCC1=C2CC3CCC(C)C2(CC1=O)C3(C)COC(C)=O. The summed E-state index contributed by atoms with van der Waals surface area (Å²) in [7, 11) is 0. The van der Waals surface area contributed by atoms with Crippen molar-refractivity contribution in [2.24, 2.45) is 22.7 Å². The summed E-state index contributed by atoms with van der Waals surface area (Å²) in [5.41, 5.74) is 1.38. The summed E-state index contributed by atoms with van der Waals surface area (Å²) >= 11 is 0. The molecule has 2 fully saturated rings. The molecule has 24 heavy (non-hydrogen) atoms. The fraction of sp³-hybridized carbons (Fsp3) is 0.737. The highest BCUT2D eigenvalue weighted by Gasteiger charge is 2.68. The van der Waals surface area contributed by atoms with Gasteiger partial charge in [0, 0.05) is 36.7 Å². The number of hydrogen-bond acceptors (Lipinski definition) is 5.